The van der Waals surface area contributed by atoms with Gasteiger partial charge in [0.15, 0.2) is 0 Å². The number of hydrogen-bond donors (Lipinski definition) is 1. The van der Waals surface area contributed by atoms with Gasteiger partial charge in [0.05, 0.1) is 13.0 Å². The van der Waals surface area contributed by atoms with Crippen LogP contribution >= 0.6 is 0 Å². The van der Waals surface area contributed by atoms with Crippen LogP contribution < -0.4 is 5.32 Å². The lowest BCUT2D eigenvalue weighted by Crippen LogP contribution is -2.31. The summed E-state index contributed by atoms with van der Waals surface area (Å²) < 4.78 is 4.65. The fraction of sp³-hybridized carbons (Fsp3) is 0.778. The van der Waals surface area contributed by atoms with Gasteiger partial charge in [-0.05, 0) is 13.8 Å². The normalized spacial score (nSPS) is 38.7. The topological polar surface area (TPSA) is 55.4 Å². The molecule has 0 aromatic carbocycles. The first-order valence-corrected chi connectivity index (χ1v) is 4.41. The van der Waals surface area contributed by atoms with E-state index >= 15 is 0 Å². The lowest BCUT2D eigenvalue weighted by Gasteiger charge is -2.15. The van der Waals surface area contributed by atoms with Crippen LogP contribution in [0.2, 0.25) is 0 Å². The molecule has 4 unspecified atom stereocenters. The summed E-state index contributed by atoms with van der Waals surface area (Å²) in [4.78, 5) is 22.1. The summed E-state index contributed by atoms with van der Waals surface area (Å²) in [7, 11) is 1.35. The second-order valence-electron chi connectivity index (χ2n) is 3.51. The van der Waals surface area contributed by atoms with Gasteiger partial charge in [-0.15, -0.1) is 0 Å². The molecule has 0 aliphatic carbocycles. The maximum Gasteiger partial charge on any atom is 0.311 e. The first kappa shape index (κ1) is 10.2. The SMILES string of the molecule is COC(=O)C1C(C)NC(C)C1C=O. The number of nitrogens with one attached hydrogen (secondary N) is 1. The zero-order chi connectivity index (χ0) is 10.0. The molecule has 0 spiro atoms. The van der Waals surface area contributed by atoms with Gasteiger partial charge >= 0.3 is 5.97 Å². The third-order valence-corrected chi connectivity index (χ3v) is 2.69. The molecule has 0 aromatic heterocycles. The van der Waals surface area contributed by atoms with Crippen LogP contribution in [-0.4, -0.2) is 31.4 Å². The minimum absolute atomic E-state index is 0.0117. The lowest BCUT2D eigenvalue weighted by molar-refractivity contribution is -0.148. The number of ether oxygens (including phenoxy) is 1. The molecule has 4 atom stereocenters. The van der Waals surface area contributed by atoms with Gasteiger partial charge in [0.25, 0.3) is 0 Å². The van der Waals surface area contributed by atoms with Crippen LogP contribution in [-0.2, 0) is 14.3 Å². The highest BCUT2D eigenvalue weighted by atomic mass is 16.5. The van der Waals surface area contributed by atoms with E-state index in [0.717, 1.165) is 6.29 Å². The Kier molecular flexibility index (Phi) is 3.03. The number of rotatable bonds is 2. The summed E-state index contributed by atoms with van der Waals surface area (Å²) in [6, 6.07) is 0.0641. The minimum Gasteiger partial charge on any atom is -0.469 e. The van der Waals surface area contributed by atoms with E-state index in [1.165, 1.54) is 7.11 Å². The van der Waals surface area contributed by atoms with Crippen LogP contribution in [0.15, 0.2) is 0 Å². The molecule has 4 heteroatoms. The second-order valence-corrected chi connectivity index (χ2v) is 3.51. The largest absolute Gasteiger partial charge is 0.469 e. The van der Waals surface area contributed by atoms with Gasteiger partial charge < -0.3 is 14.8 Å². The van der Waals surface area contributed by atoms with Gasteiger partial charge in [0.1, 0.15) is 6.29 Å². The number of carbonyl (C=O) groups is 2. The molecule has 1 rings (SSSR count). The number of aldehydes is 1. The second kappa shape index (κ2) is 3.87. The van der Waals surface area contributed by atoms with E-state index in [2.05, 4.69) is 10.1 Å². The Bertz CT molecular complexity index is 217. The van der Waals surface area contributed by atoms with Crippen molar-refractivity contribution >= 4 is 12.3 Å². The van der Waals surface area contributed by atoms with Crippen molar-refractivity contribution in [3.8, 4) is 0 Å². The Morgan fingerprint density at radius 3 is 2.46 bits per heavy atom. The molecule has 0 radical (unpaired) electrons. The van der Waals surface area contributed by atoms with E-state index in [1.807, 2.05) is 13.8 Å². The van der Waals surface area contributed by atoms with Gasteiger partial charge in [-0.3, -0.25) is 4.79 Å². The highest BCUT2D eigenvalue weighted by Gasteiger charge is 2.43. The number of methoxy groups -OCH3 is 1. The van der Waals surface area contributed by atoms with Gasteiger partial charge in [-0.1, -0.05) is 0 Å². The third-order valence-electron chi connectivity index (χ3n) is 2.69. The Morgan fingerprint density at radius 1 is 1.38 bits per heavy atom. The predicted octanol–water partition coefficient (Wildman–Crippen LogP) is -0.0291. The van der Waals surface area contributed by atoms with Crippen molar-refractivity contribution in [3.63, 3.8) is 0 Å². The maximum atomic E-state index is 11.3. The Morgan fingerprint density at radius 2 is 2.00 bits per heavy atom. The fourth-order valence-electron chi connectivity index (χ4n) is 1.97. The van der Waals surface area contributed by atoms with Crippen molar-refractivity contribution in [2.75, 3.05) is 7.11 Å². The molecular weight excluding hydrogens is 170 g/mol. The number of esters is 1. The van der Waals surface area contributed by atoms with Crippen molar-refractivity contribution < 1.29 is 14.3 Å². The quantitative estimate of drug-likeness (QED) is 0.485. The van der Waals surface area contributed by atoms with Crippen molar-refractivity contribution in [1.82, 2.24) is 5.32 Å². The molecule has 1 aliphatic rings. The zero-order valence-corrected chi connectivity index (χ0v) is 8.11. The summed E-state index contributed by atoms with van der Waals surface area (Å²) in [5, 5.41) is 3.15. The Balaban J connectivity index is 2.80. The molecule has 74 valence electrons. The van der Waals surface area contributed by atoms with Crippen LogP contribution in [0.5, 0.6) is 0 Å². The van der Waals surface area contributed by atoms with Crippen LogP contribution in [0.3, 0.4) is 0 Å². The predicted molar refractivity (Wildman–Crippen MR) is 47.1 cm³/mol. The summed E-state index contributed by atoms with van der Waals surface area (Å²) in [5.74, 6) is -0.901. The molecule has 4 nitrogen and oxygen atoms in total. The van der Waals surface area contributed by atoms with E-state index in [4.69, 9.17) is 0 Å². The van der Waals surface area contributed by atoms with Crippen molar-refractivity contribution in [3.05, 3.63) is 0 Å². The van der Waals surface area contributed by atoms with E-state index in [1.54, 1.807) is 0 Å². The van der Waals surface area contributed by atoms with Crippen molar-refractivity contribution in [1.29, 1.82) is 0 Å². The summed E-state index contributed by atoms with van der Waals surface area (Å²) in [5.41, 5.74) is 0. The summed E-state index contributed by atoms with van der Waals surface area (Å²) in [6.45, 7) is 3.79. The molecule has 0 amide bonds. The molecule has 1 saturated heterocycles. The average molecular weight is 185 g/mol. The molecule has 1 N–H and O–H groups in total. The van der Waals surface area contributed by atoms with E-state index < -0.39 is 0 Å². The summed E-state index contributed by atoms with van der Waals surface area (Å²) >= 11 is 0. The van der Waals surface area contributed by atoms with Crippen molar-refractivity contribution in [2.24, 2.45) is 11.8 Å². The van der Waals surface area contributed by atoms with Gasteiger partial charge in [-0.2, -0.15) is 0 Å². The molecule has 13 heavy (non-hydrogen) atoms. The minimum atomic E-state index is -0.336. The Labute approximate surface area is 77.6 Å². The number of carbonyl (C=O) groups excluding carboxylic acids is 2. The van der Waals surface area contributed by atoms with Crippen LogP contribution in [0.1, 0.15) is 13.8 Å². The standard InChI is InChI=1S/C9H15NO3/c1-5-7(4-11)8(6(2)10-5)9(12)13-3/h4-8,10H,1-3H3. The highest BCUT2D eigenvalue weighted by Crippen LogP contribution is 2.26. The first-order valence-electron chi connectivity index (χ1n) is 4.41. The van der Waals surface area contributed by atoms with Crippen molar-refractivity contribution in [2.45, 2.75) is 25.9 Å². The molecule has 0 aromatic rings. The smallest absolute Gasteiger partial charge is 0.311 e. The van der Waals surface area contributed by atoms with Gasteiger partial charge in [0, 0.05) is 18.0 Å². The fourth-order valence-corrected chi connectivity index (χ4v) is 1.97. The molecule has 1 fully saturated rings. The molecule has 1 aliphatic heterocycles. The lowest BCUT2D eigenvalue weighted by atomic mass is 9.89. The van der Waals surface area contributed by atoms with E-state index in [0.29, 0.717) is 0 Å². The zero-order valence-electron chi connectivity index (χ0n) is 8.11. The molecule has 0 saturated carbocycles. The average Bonchev–Trinajstić information content (AvgIpc) is 2.39. The van der Waals surface area contributed by atoms with Crippen LogP contribution in [0.25, 0.3) is 0 Å². The highest BCUT2D eigenvalue weighted by molar-refractivity contribution is 5.78. The van der Waals surface area contributed by atoms with Gasteiger partial charge in [-0.25, -0.2) is 0 Å². The first-order chi connectivity index (χ1) is 6.11. The van der Waals surface area contributed by atoms with E-state index in [-0.39, 0.29) is 29.9 Å². The van der Waals surface area contributed by atoms with Crippen LogP contribution in [0, 0.1) is 11.8 Å². The molecule has 1 heterocycles. The molecular formula is C9H15NO3. The van der Waals surface area contributed by atoms with Crippen LogP contribution in [0.4, 0.5) is 0 Å². The monoisotopic (exact) mass is 185 g/mol. The summed E-state index contributed by atoms with van der Waals surface area (Å²) in [6.07, 6.45) is 0.836. The third kappa shape index (κ3) is 1.72. The molecule has 0 bridgehead atoms. The maximum absolute atomic E-state index is 11.3. The number of hydrogen-bond acceptors (Lipinski definition) is 4. The Hall–Kier alpha value is -0.900. The van der Waals surface area contributed by atoms with Gasteiger partial charge in [0.2, 0.25) is 0 Å². The van der Waals surface area contributed by atoms with E-state index in [9.17, 15) is 9.59 Å².